The fraction of sp³-hybridized carbons (Fsp3) is 0.533. The molecule has 0 radical (unpaired) electrons. The van der Waals surface area contributed by atoms with Gasteiger partial charge in [-0.1, -0.05) is 19.1 Å². The van der Waals surface area contributed by atoms with Gasteiger partial charge in [0, 0.05) is 18.0 Å². The lowest BCUT2D eigenvalue weighted by atomic mass is 10.1. The highest BCUT2D eigenvalue weighted by molar-refractivity contribution is 7.89. The summed E-state index contributed by atoms with van der Waals surface area (Å²) in [5.74, 6) is -0.0497. The Labute approximate surface area is 126 Å². The van der Waals surface area contributed by atoms with Crippen LogP contribution in [-0.2, 0) is 10.0 Å². The van der Waals surface area contributed by atoms with Gasteiger partial charge in [0.25, 0.3) is 0 Å². The van der Waals surface area contributed by atoms with Crippen molar-refractivity contribution < 1.29 is 13.2 Å². The average Bonchev–Trinajstić information content (AvgIpc) is 2.49. The molecule has 0 amide bonds. The predicted molar refractivity (Wildman–Crippen MR) is 81.9 cm³/mol. The van der Waals surface area contributed by atoms with E-state index in [4.69, 9.17) is 0 Å². The molecule has 1 aromatic rings. The molecule has 0 bridgehead atoms. The van der Waals surface area contributed by atoms with E-state index in [2.05, 4.69) is 9.62 Å². The Kier molecular flexibility index (Phi) is 5.13. The third kappa shape index (κ3) is 4.12. The van der Waals surface area contributed by atoms with E-state index in [9.17, 15) is 13.2 Å². The van der Waals surface area contributed by atoms with Crippen molar-refractivity contribution in [2.45, 2.75) is 37.1 Å². The third-order valence-corrected chi connectivity index (χ3v) is 5.35. The van der Waals surface area contributed by atoms with Crippen LogP contribution in [0.25, 0.3) is 0 Å². The molecular formula is C15H22N2O3S. The molecule has 1 aromatic carbocycles. The second-order valence-corrected chi connectivity index (χ2v) is 7.22. The Bertz CT molecular complexity index is 605. The molecule has 6 heteroatoms. The Morgan fingerprint density at radius 1 is 1.33 bits per heavy atom. The maximum absolute atomic E-state index is 12.4. The van der Waals surface area contributed by atoms with E-state index in [0.29, 0.717) is 12.0 Å². The minimum absolute atomic E-state index is 0.0308. The number of Topliss-reactive ketones (excluding diaryl/α,β-unsaturated/α-hetero) is 1. The van der Waals surface area contributed by atoms with Gasteiger partial charge < -0.3 is 4.90 Å². The van der Waals surface area contributed by atoms with Crippen molar-refractivity contribution in [3.8, 4) is 0 Å². The number of benzene rings is 1. The van der Waals surface area contributed by atoms with Gasteiger partial charge in [-0.2, -0.15) is 0 Å². The van der Waals surface area contributed by atoms with E-state index in [1.165, 1.54) is 12.1 Å². The number of likely N-dealkylation sites (tertiary alicyclic amines) is 1. The molecule has 0 atom stereocenters. The Hall–Kier alpha value is -1.24. The molecule has 1 fully saturated rings. The number of carbonyl (C=O) groups is 1. The van der Waals surface area contributed by atoms with E-state index < -0.39 is 10.0 Å². The minimum atomic E-state index is -3.56. The number of rotatable bonds is 5. The Morgan fingerprint density at radius 3 is 2.62 bits per heavy atom. The topological polar surface area (TPSA) is 66.5 Å². The van der Waals surface area contributed by atoms with Gasteiger partial charge in [0.1, 0.15) is 0 Å². The molecule has 116 valence electrons. The lowest BCUT2D eigenvalue weighted by Gasteiger charge is -2.29. The van der Waals surface area contributed by atoms with Gasteiger partial charge in [0.2, 0.25) is 10.0 Å². The van der Waals surface area contributed by atoms with Crippen molar-refractivity contribution in [3.63, 3.8) is 0 Å². The average molecular weight is 310 g/mol. The predicted octanol–water partition coefficient (Wildman–Crippen LogP) is 1.65. The number of sulfonamides is 1. The van der Waals surface area contributed by atoms with Crippen LogP contribution >= 0.6 is 0 Å². The molecule has 1 heterocycles. The van der Waals surface area contributed by atoms with Crippen molar-refractivity contribution in [2.24, 2.45) is 0 Å². The number of nitrogens with zero attached hydrogens (tertiary/aromatic N) is 1. The molecule has 1 saturated heterocycles. The van der Waals surface area contributed by atoms with Gasteiger partial charge in [-0.3, -0.25) is 4.79 Å². The maximum Gasteiger partial charge on any atom is 0.240 e. The Morgan fingerprint density at radius 2 is 2.00 bits per heavy atom. The van der Waals surface area contributed by atoms with Crippen LogP contribution in [0.5, 0.6) is 0 Å². The molecular weight excluding hydrogens is 288 g/mol. The molecule has 0 aliphatic carbocycles. The molecule has 0 spiro atoms. The monoisotopic (exact) mass is 310 g/mol. The Balaban J connectivity index is 2.14. The quantitative estimate of drug-likeness (QED) is 0.840. The fourth-order valence-corrected chi connectivity index (χ4v) is 3.81. The first-order valence-corrected chi connectivity index (χ1v) is 8.75. The smallest absolute Gasteiger partial charge is 0.240 e. The van der Waals surface area contributed by atoms with Crippen LogP contribution in [0.1, 0.15) is 36.5 Å². The zero-order valence-corrected chi connectivity index (χ0v) is 13.3. The second-order valence-electron chi connectivity index (χ2n) is 5.50. The van der Waals surface area contributed by atoms with Gasteiger partial charge in [-0.25, -0.2) is 13.1 Å². The zero-order chi connectivity index (χ0) is 15.5. The van der Waals surface area contributed by atoms with Crippen LogP contribution in [-0.4, -0.2) is 45.3 Å². The van der Waals surface area contributed by atoms with Crippen LogP contribution in [0, 0.1) is 0 Å². The summed E-state index contributed by atoms with van der Waals surface area (Å²) in [6, 6.07) is 6.23. The highest BCUT2D eigenvalue weighted by Crippen LogP contribution is 2.16. The summed E-state index contributed by atoms with van der Waals surface area (Å²) in [6.45, 7) is 3.55. The molecule has 0 saturated carbocycles. The van der Waals surface area contributed by atoms with E-state index in [-0.39, 0.29) is 16.7 Å². The van der Waals surface area contributed by atoms with Crippen LogP contribution in [0.15, 0.2) is 29.2 Å². The van der Waals surface area contributed by atoms with Gasteiger partial charge in [-0.15, -0.1) is 0 Å². The molecule has 1 aliphatic heterocycles. The van der Waals surface area contributed by atoms with Crippen molar-refractivity contribution in [2.75, 3.05) is 20.1 Å². The summed E-state index contributed by atoms with van der Waals surface area (Å²) in [5.41, 5.74) is 0.448. The number of hydrogen-bond acceptors (Lipinski definition) is 4. The summed E-state index contributed by atoms with van der Waals surface area (Å²) in [5, 5.41) is 0. The summed E-state index contributed by atoms with van der Waals surface area (Å²) in [4.78, 5) is 14.1. The molecule has 0 aromatic heterocycles. The zero-order valence-electron chi connectivity index (χ0n) is 12.5. The van der Waals surface area contributed by atoms with Crippen molar-refractivity contribution >= 4 is 15.8 Å². The highest BCUT2D eigenvalue weighted by atomic mass is 32.2. The number of carbonyl (C=O) groups excluding carboxylic acids is 1. The normalized spacial score (nSPS) is 17.8. The number of ketones is 1. The van der Waals surface area contributed by atoms with Crippen LogP contribution in [0.4, 0.5) is 0 Å². The summed E-state index contributed by atoms with van der Waals surface area (Å²) >= 11 is 0. The first-order valence-electron chi connectivity index (χ1n) is 7.26. The lowest BCUT2D eigenvalue weighted by molar-refractivity contribution is 0.0988. The summed E-state index contributed by atoms with van der Waals surface area (Å²) < 4.78 is 27.6. The first-order chi connectivity index (χ1) is 9.92. The van der Waals surface area contributed by atoms with Gasteiger partial charge in [0.15, 0.2) is 5.78 Å². The second kappa shape index (κ2) is 6.68. The molecule has 2 rings (SSSR count). The van der Waals surface area contributed by atoms with Gasteiger partial charge in [0.05, 0.1) is 4.90 Å². The van der Waals surface area contributed by atoms with Crippen molar-refractivity contribution in [3.05, 3.63) is 29.8 Å². The number of piperidine rings is 1. The largest absolute Gasteiger partial charge is 0.306 e. The number of hydrogen-bond donors (Lipinski definition) is 1. The molecule has 1 N–H and O–H groups in total. The summed E-state index contributed by atoms with van der Waals surface area (Å²) in [7, 11) is -1.53. The van der Waals surface area contributed by atoms with E-state index >= 15 is 0 Å². The molecule has 21 heavy (non-hydrogen) atoms. The van der Waals surface area contributed by atoms with Gasteiger partial charge >= 0.3 is 0 Å². The molecule has 5 nitrogen and oxygen atoms in total. The first kappa shape index (κ1) is 16.1. The van der Waals surface area contributed by atoms with Crippen molar-refractivity contribution in [1.82, 2.24) is 9.62 Å². The minimum Gasteiger partial charge on any atom is -0.306 e. The fourth-order valence-electron chi connectivity index (χ4n) is 2.45. The summed E-state index contributed by atoms with van der Waals surface area (Å²) in [6.07, 6.45) is 1.98. The maximum atomic E-state index is 12.4. The van der Waals surface area contributed by atoms with E-state index in [1.807, 2.05) is 7.05 Å². The lowest BCUT2D eigenvalue weighted by Crippen LogP contribution is -2.43. The van der Waals surface area contributed by atoms with Crippen molar-refractivity contribution in [1.29, 1.82) is 0 Å². The standard InChI is InChI=1S/C15H22N2O3S/c1-3-15(18)12-5-4-6-14(11-12)21(19,20)16-13-7-9-17(2)10-8-13/h4-6,11,13,16H,3,7-10H2,1-2H3. The van der Waals surface area contributed by atoms with E-state index in [1.54, 1.807) is 19.1 Å². The highest BCUT2D eigenvalue weighted by Gasteiger charge is 2.23. The van der Waals surface area contributed by atoms with Crippen LogP contribution in [0.3, 0.4) is 0 Å². The van der Waals surface area contributed by atoms with Crippen LogP contribution in [0.2, 0.25) is 0 Å². The third-order valence-electron chi connectivity index (χ3n) is 3.83. The molecule has 0 unspecified atom stereocenters. The molecule has 1 aliphatic rings. The SMILES string of the molecule is CCC(=O)c1cccc(S(=O)(=O)NC2CCN(C)CC2)c1. The van der Waals surface area contributed by atoms with Crippen LogP contribution < -0.4 is 4.72 Å². The number of nitrogens with one attached hydrogen (secondary N) is 1. The van der Waals surface area contributed by atoms with Gasteiger partial charge in [-0.05, 0) is 45.1 Å². The van der Waals surface area contributed by atoms with E-state index in [0.717, 1.165) is 25.9 Å².